The highest BCUT2D eigenvalue weighted by atomic mass is 32.1. The molecule has 0 spiro atoms. The smallest absolute Gasteiger partial charge is 0.320 e. The first-order chi connectivity index (χ1) is 9.24. The number of hydrogen-bond donors (Lipinski definition) is 1. The number of thiophene rings is 1. The number of imidazole rings is 1. The number of nitrogens with zero attached hydrogens (tertiary/aromatic N) is 2. The predicted octanol–water partition coefficient (Wildman–Crippen LogP) is 1.48. The van der Waals surface area contributed by atoms with E-state index >= 15 is 0 Å². The lowest BCUT2D eigenvalue weighted by atomic mass is 10.4. The first-order valence-electron chi connectivity index (χ1n) is 6.27. The molecule has 0 aromatic carbocycles. The minimum Gasteiger partial charge on any atom is -0.320 e. The molecule has 0 saturated heterocycles. The van der Waals surface area contributed by atoms with Crippen LogP contribution in [0.4, 0.5) is 0 Å². The van der Waals surface area contributed by atoms with E-state index < -0.39 is 0 Å². The van der Waals surface area contributed by atoms with Crippen molar-refractivity contribution in [3.8, 4) is 11.8 Å². The van der Waals surface area contributed by atoms with Crippen LogP contribution in [-0.4, -0.2) is 15.7 Å². The normalized spacial score (nSPS) is 10.2. The van der Waals surface area contributed by atoms with Crippen molar-refractivity contribution in [1.82, 2.24) is 9.13 Å². The summed E-state index contributed by atoms with van der Waals surface area (Å²) in [6.45, 7) is 3.80. The van der Waals surface area contributed by atoms with Gasteiger partial charge in [0.05, 0.1) is 18.0 Å². The molecule has 4 nitrogen and oxygen atoms in total. The van der Waals surface area contributed by atoms with E-state index in [1.807, 2.05) is 24.5 Å². The quantitative estimate of drug-likeness (QED) is 0.859. The highest BCUT2D eigenvalue weighted by Gasteiger charge is 2.05. The van der Waals surface area contributed by atoms with Crippen LogP contribution in [0.2, 0.25) is 0 Å². The van der Waals surface area contributed by atoms with Gasteiger partial charge in [-0.3, -0.25) is 9.13 Å². The van der Waals surface area contributed by atoms with Gasteiger partial charge in [-0.2, -0.15) is 0 Å². The van der Waals surface area contributed by atoms with Crippen LogP contribution in [0.3, 0.4) is 0 Å². The van der Waals surface area contributed by atoms with Gasteiger partial charge in [-0.1, -0.05) is 18.8 Å². The molecular formula is C14H17N3OS. The zero-order valence-electron chi connectivity index (χ0n) is 10.9. The summed E-state index contributed by atoms with van der Waals surface area (Å²) in [5.74, 6) is 5.83. The summed E-state index contributed by atoms with van der Waals surface area (Å²) in [6, 6.07) is 3.98. The van der Waals surface area contributed by atoms with Crippen LogP contribution >= 0.6 is 11.3 Å². The summed E-state index contributed by atoms with van der Waals surface area (Å²) in [5, 5.41) is 0. The zero-order chi connectivity index (χ0) is 13.7. The summed E-state index contributed by atoms with van der Waals surface area (Å²) in [5.41, 5.74) is 5.39. The molecule has 100 valence electrons. The van der Waals surface area contributed by atoms with Gasteiger partial charge >= 0.3 is 5.69 Å². The number of rotatable bonds is 4. The molecule has 0 atom stereocenters. The number of hydrogen-bond acceptors (Lipinski definition) is 3. The molecule has 2 N–H and O–H groups in total. The molecule has 2 aromatic rings. The van der Waals surface area contributed by atoms with Crippen molar-refractivity contribution in [3.05, 3.63) is 44.8 Å². The van der Waals surface area contributed by atoms with E-state index in [-0.39, 0.29) is 5.69 Å². The first-order valence-corrected chi connectivity index (χ1v) is 7.09. The summed E-state index contributed by atoms with van der Waals surface area (Å²) >= 11 is 1.60. The minimum atomic E-state index is 0.0462. The van der Waals surface area contributed by atoms with Crippen molar-refractivity contribution in [2.75, 3.05) is 6.54 Å². The molecule has 0 aliphatic heterocycles. The molecule has 2 aromatic heterocycles. The van der Waals surface area contributed by atoms with Crippen molar-refractivity contribution in [1.29, 1.82) is 0 Å². The van der Waals surface area contributed by atoms with E-state index in [0.717, 1.165) is 22.7 Å². The van der Waals surface area contributed by atoms with Crippen LogP contribution in [0.5, 0.6) is 0 Å². The second-order valence-corrected chi connectivity index (χ2v) is 5.34. The van der Waals surface area contributed by atoms with Gasteiger partial charge < -0.3 is 5.73 Å². The zero-order valence-corrected chi connectivity index (χ0v) is 11.7. The Balaban J connectivity index is 2.13. The van der Waals surface area contributed by atoms with Gasteiger partial charge in [0.1, 0.15) is 0 Å². The highest BCUT2D eigenvalue weighted by Crippen LogP contribution is 2.16. The van der Waals surface area contributed by atoms with E-state index in [0.29, 0.717) is 13.1 Å². The average Bonchev–Trinajstić information content (AvgIpc) is 2.98. The molecule has 0 saturated carbocycles. The van der Waals surface area contributed by atoms with Gasteiger partial charge in [-0.05, 0) is 18.6 Å². The Labute approximate surface area is 116 Å². The second-order valence-electron chi connectivity index (χ2n) is 4.17. The van der Waals surface area contributed by atoms with Gasteiger partial charge in [0, 0.05) is 23.8 Å². The lowest BCUT2D eigenvalue weighted by Gasteiger charge is -1.99. The molecule has 2 rings (SSSR count). The summed E-state index contributed by atoms with van der Waals surface area (Å²) in [6.07, 6.45) is 4.64. The average molecular weight is 275 g/mol. The topological polar surface area (TPSA) is 52.9 Å². The van der Waals surface area contributed by atoms with Gasteiger partial charge in [0.25, 0.3) is 0 Å². The third-order valence-electron chi connectivity index (χ3n) is 2.68. The van der Waals surface area contributed by atoms with Crippen molar-refractivity contribution in [3.63, 3.8) is 0 Å². The number of aromatic nitrogens is 2. The first kappa shape index (κ1) is 13.7. The Morgan fingerprint density at radius 1 is 1.32 bits per heavy atom. The maximum absolute atomic E-state index is 12.0. The molecule has 0 aliphatic carbocycles. The Morgan fingerprint density at radius 3 is 2.84 bits per heavy atom. The van der Waals surface area contributed by atoms with E-state index in [1.54, 1.807) is 20.5 Å². The standard InChI is InChI=1S/C14H17N3OS/c1-2-8-16-9-10-17(14(16)18)11-13-6-5-12(19-13)4-3-7-15/h5-6,9-10H,2,7-8,11,15H2,1H3. The van der Waals surface area contributed by atoms with E-state index in [4.69, 9.17) is 5.73 Å². The van der Waals surface area contributed by atoms with E-state index in [1.165, 1.54) is 0 Å². The Kier molecular flexibility index (Phi) is 4.61. The van der Waals surface area contributed by atoms with E-state index in [2.05, 4.69) is 18.8 Å². The van der Waals surface area contributed by atoms with Crippen molar-refractivity contribution in [2.24, 2.45) is 5.73 Å². The Morgan fingerprint density at radius 2 is 2.11 bits per heavy atom. The van der Waals surface area contributed by atoms with Gasteiger partial charge in [0.2, 0.25) is 0 Å². The molecule has 0 unspecified atom stereocenters. The molecule has 0 aliphatic rings. The lowest BCUT2D eigenvalue weighted by molar-refractivity contribution is 0.625. The minimum absolute atomic E-state index is 0.0462. The Hall–Kier alpha value is -1.77. The summed E-state index contributed by atoms with van der Waals surface area (Å²) in [7, 11) is 0. The summed E-state index contributed by atoms with van der Waals surface area (Å²) in [4.78, 5) is 14.1. The molecule has 0 amide bonds. The fourth-order valence-corrected chi connectivity index (χ4v) is 2.70. The van der Waals surface area contributed by atoms with Crippen LogP contribution in [0, 0.1) is 11.8 Å². The maximum atomic E-state index is 12.0. The third-order valence-corrected chi connectivity index (χ3v) is 3.67. The van der Waals surface area contributed by atoms with Crippen molar-refractivity contribution in [2.45, 2.75) is 26.4 Å². The number of nitrogens with two attached hydrogens (primary N) is 1. The van der Waals surface area contributed by atoms with Crippen LogP contribution < -0.4 is 11.4 Å². The molecular weight excluding hydrogens is 258 g/mol. The summed E-state index contributed by atoms with van der Waals surface area (Å²) < 4.78 is 3.46. The molecule has 0 radical (unpaired) electrons. The maximum Gasteiger partial charge on any atom is 0.328 e. The molecule has 0 fully saturated rings. The molecule has 19 heavy (non-hydrogen) atoms. The monoisotopic (exact) mass is 275 g/mol. The molecule has 5 heteroatoms. The Bertz CT molecular complexity index is 654. The lowest BCUT2D eigenvalue weighted by Crippen LogP contribution is -2.24. The van der Waals surface area contributed by atoms with Gasteiger partial charge in [-0.25, -0.2) is 4.79 Å². The van der Waals surface area contributed by atoms with Crippen LogP contribution in [0.1, 0.15) is 23.1 Å². The van der Waals surface area contributed by atoms with E-state index in [9.17, 15) is 4.79 Å². The second kappa shape index (κ2) is 6.41. The van der Waals surface area contributed by atoms with Crippen LogP contribution in [0.15, 0.2) is 29.3 Å². The highest BCUT2D eigenvalue weighted by molar-refractivity contribution is 7.12. The van der Waals surface area contributed by atoms with Gasteiger partial charge in [-0.15, -0.1) is 11.3 Å². The van der Waals surface area contributed by atoms with Crippen LogP contribution in [-0.2, 0) is 13.1 Å². The molecule has 2 heterocycles. The van der Waals surface area contributed by atoms with Gasteiger partial charge in [0.15, 0.2) is 0 Å². The van der Waals surface area contributed by atoms with Crippen molar-refractivity contribution >= 4 is 11.3 Å². The fourth-order valence-electron chi connectivity index (χ4n) is 1.82. The SMILES string of the molecule is CCCn1ccn(Cc2ccc(C#CCN)s2)c1=O. The predicted molar refractivity (Wildman–Crippen MR) is 78.3 cm³/mol. The third kappa shape index (κ3) is 3.37. The molecule has 0 bridgehead atoms. The fraction of sp³-hybridized carbons (Fsp3) is 0.357. The van der Waals surface area contributed by atoms with Crippen LogP contribution in [0.25, 0.3) is 0 Å². The van der Waals surface area contributed by atoms with Crippen molar-refractivity contribution < 1.29 is 0 Å². The number of aryl methyl sites for hydroxylation is 1. The largest absolute Gasteiger partial charge is 0.328 e.